The molecule has 29 heavy (non-hydrogen) atoms. The molecule has 1 unspecified atom stereocenters. The van der Waals surface area contributed by atoms with Crippen LogP contribution in [0.15, 0.2) is 12.4 Å². The second kappa shape index (κ2) is 19.3. The molecule has 0 bridgehead atoms. The standard InChI is InChI=1S/C27H54N2/c1-4-7-9-11-12-13-14-15-16-17-18-19-21-23-27-28(6-3)25-26-29(27)24-22-20-10-8-5-2/h25-27H,4-24H2,1-3H3. The van der Waals surface area contributed by atoms with Crippen molar-refractivity contribution in [1.29, 1.82) is 0 Å². The Labute approximate surface area is 184 Å². The third-order valence-electron chi connectivity index (χ3n) is 6.67. The SMILES string of the molecule is CCCCCCCCCCCCCCCC1N(CC)C=CN1CCCCCCC. The summed E-state index contributed by atoms with van der Waals surface area (Å²) in [5.74, 6) is 0. The summed E-state index contributed by atoms with van der Waals surface area (Å²) in [5.41, 5.74) is 0. The van der Waals surface area contributed by atoms with Gasteiger partial charge in [0.2, 0.25) is 0 Å². The highest BCUT2D eigenvalue weighted by molar-refractivity contribution is 4.96. The smallest absolute Gasteiger partial charge is 0.101 e. The van der Waals surface area contributed by atoms with Crippen molar-refractivity contribution in [3.8, 4) is 0 Å². The van der Waals surface area contributed by atoms with Crippen LogP contribution in [0.25, 0.3) is 0 Å². The van der Waals surface area contributed by atoms with Gasteiger partial charge in [-0.3, -0.25) is 0 Å². The van der Waals surface area contributed by atoms with E-state index in [4.69, 9.17) is 0 Å². The van der Waals surface area contributed by atoms with Crippen LogP contribution in [0.3, 0.4) is 0 Å². The van der Waals surface area contributed by atoms with Crippen LogP contribution in [0.5, 0.6) is 0 Å². The molecule has 1 rings (SSSR count). The van der Waals surface area contributed by atoms with Crippen molar-refractivity contribution < 1.29 is 0 Å². The quantitative estimate of drug-likeness (QED) is 0.176. The maximum absolute atomic E-state index is 2.62. The van der Waals surface area contributed by atoms with E-state index in [2.05, 4.69) is 43.0 Å². The molecule has 0 aromatic heterocycles. The van der Waals surface area contributed by atoms with Crippen LogP contribution in [0.1, 0.15) is 143 Å². The van der Waals surface area contributed by atoms with E-state index in [9.17, 15) is 0 Å². The highest BCUT2D eigenvalue weighted by atomic mass is 15.4. The minimum absolute atomic E-state index is 0.638. The highest BCUT2D eigenvalue weighted by Gasteiger charge is 2.23. The molecule has 1 heterocycles. The average molecular weight is 407 g/mol. The van der Waals surface area contributed by atoms with E-state index in [0.29, 0.717) is 6.17 Å². The van der Waals surface area contributed by atoms with Crippen molar-refractivity contribution >= 4 is 0 Å². The van der Waals surface area contributed by atoms with Crippen molar-refractivity contribution in [2.45, 2.75) is 149 Å². The second-order valence-corrected chi connectivity index (χ2v) is 9.29. The minimum Gasteiger partial charge on any atom is -0.356 e. The minimum atomic E-state index is 0.638. The zero-order valence-electron chi connectivity index (χ0n) is 20.5. The van der Waals surface area contributed by atoms with E-state index in [1.165, 1.54) is 129 Å². The molecule has 1 aliphatic heterocycles. The lowest BCUT2D eigenvalue weighted by molar-refractivity contribution is 0.142. The zero-order valence-corrected chi connectivity index (χ0v) is 20.5. The predicted octanol–water partition coefficient (Wildman–Crippen LogP) is 8.87. The van der Waals surface area contributed by atoms with Gasteiger partial charge in [-0.2, -0.15) is 0 Å². The van der Waals surface area contributed by atoms with Gasteiger partial charge in [-0.15, -0.1) is 0 Å². The molecule has 0 saturated carbocycles. The normalized spacial score (nSPS) is 16.3. The van der Waals surface area contributed by atoms with Gasteiger partial charge < -0.3 is 9.80 Å². The average Bonchev–Trinajstić information content (AvgIpc) is 3.13. The molecule has 2 heteroatoms. The topological polar surface area (TPSA) is 6.48 Å². The summed E-state index contributed by atoms with van der Waals surface area (Å²) in [5, 5.41) is 0. The summed E-state index contributed by atoms with van der Waals surface area (Å²) >= 11 is 0. The lowest BCUT2D eigenvalue weighted by Crippen LogP contribution is -2.38. The Balaban J connectivity index is 1.99. The van der Waals surface area contributed by atoms with Crippen molar-refractivity contribution in [3.05, 3.63) is 12.4 Å². The summed E-state index contributed by atoms with van der Waals surface area (Å²) in [6.45, 7) is 9.29. The maximum atomic E-state index is 2.62. The first-order chi connectivity index (χ1) is 14.3. The van der Waals surface area contributed by atoms with Crippen LogP contribution in [-0.2, 0) is 0 Å². The molecule has 2 nitrogen and oxygen atoms in total. The summed E-state index contributed by atoms with van der Waals surface area (Å²) < 4.78 is 0. The molecule has 0 fully saturated rings. The highest BCUT2D eigenvalue weighted by Crippen LogP contribution is 2.22. The molecule has 0 saturated heterocycles. The van der Waals surface area contributed by atoms with E-state index in [0.717, 1.165) is 6.54 Å². The van der Waals surface area contributed by atoms with Crippen LogP contribution in [0, 0.1) is 0 Å². The third kappa shape index (κ3) is 13.3. The zero-order chi connectivity index (χ0) is 21.0. The fourth-order valence-electron chi connectivity index (χ4n) is 4.67. The molecular weight excluding hydrogens is 352 g/mol. The Kier molecular flexibility index (Phi) is 17.6. The molecule has 0 radical (unpaired) electrons. The lowest BCUT2D eigenvalue weighted by atomic mass is 10.0. The second-order valence-electron chi connectivity index (χ2n) is 9.29. The van der Waals surface area contributed by atoms with Crippen LogP contribution in [-0.4, -0.2) is 29.1 Å². The molecule has 0 aliphatic carbocycles. The Morgan fingerprint density at radius 3 is 1.38 bits per heavy atom. The van der Waals surface area contributed by atoms with Crippen LogP contribution < -0.4 is 0 Å². The Hall–Kier alpha value is -0.660. The number of unbranched alkanes of at least 4 members (excludes halogenated alkanes) is 16. The van der Waals surface area contributed by atoms with Gasteiger partial charge in [0.1, 0.15) is 6.17 Å². The molecule has 0 aromatic carbocycles. The first kappa shape index (κ1) is 26.4. The summed E-state index contributed by atoms with van der Waals surface area (Å²) in [7, 11) is 0. The van der Waals surface area contributed by atoms with Gasteiger partial charge in [-0.1, -0.05) is 117 Å². The summed E-state index contributed by atoms with van der Waals surface area (Å²) in [6.07, 6.45) is 32.4. The molecule has 0 N–H and O–H groups in total. The molecule has 0 amide bonds. The fourth-order valence-corrected chi connectivity index (χ4v) is 4.67. The molecule has 1 atom stereocenters. The van der Waals surface area contributed by atoms with Gasteiger partial charge in [-0.25, -0.2) is 0 Å². The molecular formula is C27H54N2. The van der Waals surface area contributed by atoms with E-state index in [-0.39, 0.29) is 0 Å². The van der Waals surface area contributed by atoms with Gasteiger partial charge in [0, 0.05) is 25.5 Å². The van der Waals surface area contributed by atoms with Crippen LogP contribution in [0.2, 0.25) is 0 Å². The van der Waals surface area contributed by atoms with Gasteiger partial charge in [0.25, 0.3) is 0 Å². The Bertz CT molecular complexity index is 366. The summed E-state index contributed by atoms with van der Waals surface area (Å²) in [4.78, 5) is 5.17. The van der Waals surface area contributed by atoms with Crippen molar-refractivity contribution in [1.82, 2.24) is 9.80 Å². The van der Waals surface area contributed by atoms with E-state index < -0.39 is 0 Å². The molecule has 0 spiro atoms. The van der Waals surface area contributed by atoms with Gasteiger partial charge >= 0.3 is 0 Å². The van der Waals surface area contributed by atoms with E-state index >= 15 is 0 Å². The number of nitrogens with zero attached hydrogens (tertiary/aromatic N) is 2. The predicted molar refractivity (Wildman–Crippen MR) is 131 cm³/mol. The molecule has 0 aromatic rings. The van der Waals surface area contributed by atoms with Crippen LogP contribution in [0.4, 0.5) is 0 Å². The number of hydrogen-bond donors (Lipinski definition) is 0. The van der Waals surface area contributed by atoms with Gasteiger partial charge in [-0.05, 0) is 26.2 Å². The van der Waals surface area contributed by atoms with Crippen LogP contribution >= 0.6 is 0 Å². The van der Waals surface area contributed by atoms with E-state index in [1.807, 2.05) is 0 Å². The largest absolute Gasteiger partial charge is 0.356 e. The van der Waals surface area contributed by atoms with Crippen molar-refractivity contribution in [2.24, 2.45) is 0 Å². The first-order valence-corrected chi connectivity index (χ1v) is 13.5. The van der Waals surface area contributed by atoms with Gasteiger partial charge in [0.05, 0.1) is 0 Å². The molecule has 1 aliphatic rings. The lowest BCUT2D eigenvalue weighted by Gasteiger charge is -2.32. The maximum Gasteiger partial charge on any atom is 0.101 e. The van der Waals surface area contributed by atoms with Crippen molar-refractivity contribution in [2.75, 3.05) is 13.1 Å². The number of hydrogen-bond acceptors (Lipinski definition) is 2. The monoisotopic (exact) mass is 406 g/mol. The number of rotatable bonds is 21. The summed E-state index contributed by atoms with van der Waals surface area (Å²) in [6, 6.07) is 0. The van der Waals surface area contributed by atoms with Gasteiger partial charge in [0.15, 0.2) is 0 Å². The Morgan fingerprint density at radius 2 is 0.897 bits per heavy atom. The molecule has 172 valence electrons. The fraction of sp³-hybridized carbons (Fsp3) is 0.926. The first-order valence-electron chi connectivity index (χ1n) is 13.5. The Morgan fingerprint density at radius 1 is 0.483 bits per heavy atom. The van der Waals surface area contributed by atoms with E-state index in [1.54, 1.807) is 0 Å². The van der Waals surface area contributed by atoms with Crippen molar-refractivity contribution in [3.63, 3.8) is 0 Å². The third-order valence-corrected chi connectivity index (χ3v) is 6.67.